The van der Waals surface area contributed by atoms with Gasteiger partial charge in [-0.3, -0.25) is 13.9 Å². The lowest BCUT2D eigenvalue weighted by Crippen LogP contribution is -2.53. The van der Waals surface area contributed by atoms with Crippen molar-refractivity contribution in [1.82, 2.24) is 10.2 Å². The molecule has 0 aliphatic heterocycles. The lowest BCUT2D eigenvalue weighted by Gasteiger charge is -2.33. The summed E-state index contributed by atoms with van der Waals surface area (Å²) >= 11 is 5.82. The summed E-state index contributed by atoms with van der Waals surface area (Å²) in [4.78, 5) is 28.4. The van der Waals surface area contributed by atoms with Crippen molar-refractivity contribution in [1.29, 1.82) is 0 Å². The molecule has 1 atom stereocenters. The molecule has 3 aromatic carbocycles. The lowest BCUT2D eigenvalue weighted by atomic mass is 10.1. The van der Waals surface area contributed by atoms with Crippen LogP contribution >= 0.6 is 11.6 Å². The maximum atomic E-state index is 14.1. The fraction of sp³-hybridized carbons (Fsp3) is 0.355. The molecule has 0 saturated heterocycles. The van der Waals surface area contributed by atoms with Gasteiger partial charge in [0, 0.05) is 12.6 Å². The van der Waals surface area contributed by atoms with Crippen LogP contribution in [-0.2, 0) is 32.3 Å². The number of methoxy groups -OCH3 is 1. The Morgan fingerprint density at radius 3 is 2.25 bits per heavy atom. The van der Waals surface area contributed by atoms with Gasteiger partial charge in [-0.1, -0.05) is 48.4 Å². The van der Waals surface area contributed by atoms with Crippen LogP contribution < -0.4 is 14.4 Å². The summed E-state index contributed by atoms with van der Waals surface area (Å²) in [6.07, 6.45) is -4.71. The van der Waals surface area contributed by atoms with E-state index in [1.54, 1.807) is 52.0 Å². The minimum Gasteiger partial charge on any atom is -0.497 e. The van der Waals surface area contributed by atoms with Gasteiger partial charge >= 0.3 is 6.18 Å². The molecule has 238 valence electrons. The zero-order valence-electron chi connectivity index (χ0n) is 25.0. The number of carbonyl (C=O) groups is 2. The van der Waals surface area contributed by atoms with E-state index >= 15 is 0 Å². The molecule has 13 heteroatoms. The molecular formula is C31H35ClF3N3O5S. The summed E-state index contributed by atoms with van der Waals surface area (Å²) in [6.45, 7) is 5.96. The Kier molecular flexibility index (Phi) is 11.3. The van der Waals surface area contributed by atoms with Gasteiger partial charge in [-0.25, -0.2) is 8.42 Å². The number of nitrogens with zero attached hydrogens (tertiary/aromatic N) is 2. The zero-order valence-corrected chi connectivity index (χ0v) is 26.6. The first-order valence-corrected chi connectivity index (χ1v) is 15.6. The summed E-state index contributed by atoms with van der Waals surface area (Å²) in [5.41, 5.74) is -0.336. The van der Waals surface area contributed by atoms with Crippen LogP contribution in [0, 0.1) is 6.92 Å². The zero-order chi connectivity index (χ0) is 32.8. The summed E-state index contributed by atoms with van der Waals surface area (Å²) in [5, 5.41) is 2.16. The third kappa shape index (κ3) is 8.44. The number of halogens is 4. The van der Waals surface area contributed by atoms with E-state index < -0.39 is 56.9 Å². The molecule has 0 spiro atoms. The summed E-state index contributed by atoms with van der Waals surface area (Å²) in [7, 11) is -3.10. The highest BCUT2D eigenvalue weighted by Crippen LogP contribution is 2.38. The largest absolute Gasteiger partial charge is 0.497 e. The van der Waals surface area contributed by atoms with Crippen molar-refractivity contribution < 1.29 is 35.9 Å². The SMILES string of the molecule is CC[C@H](C(=O)NC(C)C)N(Cc1cccc(OC)c1)C(=O)CN(c1ccc(Cl)c(C(F)(F)F)c1)S(=O)(=O)c1ccc(C)cc1. The maximum absolute atomic E-state index is 14.1. The molecule has 0 aliphatic carbocycles. The van der Waals surface area contributed by atoms with Gasteiger partial charge in [-0.15, -0.1) is 0 Å². The van der Waals surface area contributed by atoms with E-state index in [0.29, 0.717) is 21.7 Å². The average molecular weight is 654 g/mol. The molecule has 0 radical (unpaired) electrons. The molecule has 44 heavy (non-hydrogen) atoms. The van der Waals surface area contributed by atoms with Gasteiger partial charge in [0.25, 0.3) is 10.0 Å². The highest BCUT2D eigenvalue weighted by Gasteiger charge is 2.37. The summed E-state index contributed by atoms with van der Waals surface area (Å²) in [6, 6.07) is 13.8. The number of anilines is 1. The number of carbonyl (C=O) groups excluding carboxylic acids is 2. The third-order valence-corrected chi connectivity index (χ3v) is 8.85. The van der Waals surface area contributed by atoms with Gasteiger partial charge in [0.2, 0.25) is 11.8 Å². The van der Waals surface area contributed by atoms with Crippen molar-refractivity contribution in [3.8, 4) is 5.75 Å². The summed E-state index contributed by atoms with van der Waals surface area (Å²) < 4.78 is 75.2. The Morgan fingerprint density at radius 1 is 1.02 bits per heavy atom. The first-order chi connectivity index (χ1) is 20.6. The van der Waals surface area contributed by atoms with E-state index in [0.717, 1.165) is 17.7 Å². The molecule has 0 aliphatic rings. The standard InChI is InChI=1S/C31H35ClF3N3O5S/c1-6-28(30(40)36-20(2)3)37(18-22-8-7-9-24(16-22)43-5)29(39)19-38(44(41,42)25-13-10-21(4)11-14-25)23-12-15-27(32)26(17-23)31(33,34)35/h7-17,20,28H,6,18-19H2,1-5H3,(H,36,40)/t28-/m1/s1. The number of amides is 2. The molecule has 2 amide bonds. The molecule has 0 unspecified atom stereocenters. The topological polar surface area (TPSA) is 96.0 Å². The van der Waals surface area contributed by atoms with Crippen molar-refractivity contribution in [2.45, 2.75) is 63.8 Å². The molecule has 1 N–H and O–H groups in total. The Labute approximate surface area is 260 Å². The fourth-order valence-electron chi connectivity index (χ4n) is 4.52. The molecule has 0 saturated carbocycles. The number of alkyl halides is 3. The minimum atomic E-state index is -4.89. The number of benzene rings is 3. The molecule has 3 aromatic rings. The van der Waals surface area contributed by atoms with Crippen LogP contribution in [-0.4, -0.2) is 50.9 Å². The predicted octanol–water partition coefficient (Wildman–Crippen LogP) is 6.20. The normalized spacial score (nSPS) is 12.5. The highest BCUT2D eigenvalue weighted by atomic mass is 35.5. The Morgan fingerprint density at radius 2 is 1.68 bits per heavy atom. The van der Waals surface area contributed by atoms with Crippen molar-refractivity contribution >= 4 is 39.1 Å². The molecule has 0 heterocycles. The molecule has 0 fully saturated rings. The Hall–Kier alpha value is -3.77. The molecule has 0 aromatic heterocycles. The quantitative estimate of drug-likeness (QED) is 0.251. The van der Waals surface area contributed by atoms with Gasteiger partial charge in [-0.05, 0) is 75.2 Å². The van der Waals surface area contributed by atoms with Gasteiger partial charge in [0.1, 0.15) is 18.3 Å². The third-order valence-electron chi connectivity index (χ3n) is 6.74. The number of sulfonamides is 1. The van der Waals surface area contributed by atoms with Crippen LogP contribution in [0.1, 0.15) is 43.9 Å². The molecule has 8 nitrogen and oxygen atoms in total. The lowest BCUT2D eigenvalue weighted by molar-refractivity contribution is -0.140. The van der Waals surface area contributed by atoms with Crippen LogP contribution in [0.5, 0.6) is 5.75 Å². The molecule has 0 bridgehead atoms. The average Bonchev–Trinajstić information content (AvgIpc) is 2.95. The van der Waals surface area contributed by atoms with E-state index in [9.17, 15) is 31.2 Å². The van der Waals surface area contributed by atoms with E-state index in [4.69, 9.17) is 16.3 Å². The van der Waals surface area contributed by atoms with Gasteiger partial charge < -0.3 is 15.0 Å². The monoisotopic (exact) mass is 653 g/mol. The van der Waals surface area contributed by atoms with Crippen molar-refractivity contribution in [3.63, 3.8) is 0 Å². The second-order valence-corrected chi connectivity index (χ2v) is 12.7. The molecule has 3 rings (SSSR count). The van der Waals surface area contributed by atoms with E-state index in [2.05, 4.69) is 5.32 Å². The first-order valence-electron chi connectivity index (χ1n) is 13.8. The van der Waals surface area contributed by atoms with Crippen LogP contribution in [0.15, 0.2) is 71.6 Å². The second-order valence-electron chi connectivity index (χ2n) is 10.4. The Balaban J connectivity index is 2.16. The Bertz CT molecular complexity index is 1580. The maximum Gasteiger partial charge on any atom is 0.417 e. The van der Waals surface area contributed by atoms with Gasteiger partial charge in [-0.2, -0.15) is 13.2 Å². The van der Waals surface area contributed by atoms with Crippen molar-refractivity contribution in [3.05, 3.63) is 88.4 Å². The van der Waals surface area contributed by atoms with E-state index in [1.807, 2.05) is 0 Å². The number of aryl methyl sites for hydroxylation is 1. The van der Waals surface area contributed by atoms with Crippen LogP contribution in [0.4, 0.5) is 18.9 Å². The number of hydrogen-bond donors (Lipinski definition) is 1. The highest BCUT2D eigenvalue weighted by molar-refractivity contribution is 7.92. The van der Waals surface area contributed by atoms with Crippen LogP contribution in [0.25, 0.3) is 0 Å². The van der Waals surface area contributed by atoms with Crippen LogP contribution in [0.2, 0.25) is 5.02 Å². The smallest absolute Gasteiger partial charge is 0.417 e. The number of hydrogen-bond acceptors (Lipinski definition) is 5. The second kappa shape index (κ2) is 14.3. The van der Waals surface area contributed by atoms with E-state index in [-0.39, 0.29) is 23.9 Å². The van der Waals surface area contributed by atoms with Gasteiger partial charge in [0.15, 0.2) is 0 Å². The summed E-state index contributed by atoms with van der Waals surface area (Å²) in [5.74, 6) is -0.769. The van der Waals surface area contributed by atoms with Crippen LogP contribution in [0.3, 0.4) is 0 Å². The minimum absolute atomic E-state index is 0.104. The number of rotatable bonds is 12. The van der Waals surface area contributed by atoms with Crippen molar-refractivity contribution in [2.75, 3.05) is 18.0 Å². The number of nitrogens with one attached hydrogen (secondary N) is 1. The predicted molar refractivity (Wildman–Crippen MR) is 163 cm³/mol. The number of ether oxygens (including phenoxy) is 1. The first kappa shape index (κ1) is 34.7. The molecular weight excluding hydrogens is 619 g/mol. The van der Waals surface area contributed by atoms with E-state index in [1.165, 1.54) is 36.3 Å². The van der Waals surface area contributed by atoms with Crippen molar-refractivity contribution in [2.24, 2.45) is 0 Å². The fourth-order valence-corrected chi connectivity index (χ4v) is 6.15. The van der Waals surface area contributed by atoms with Gasteiger partial charge in [0.05, 0.1) is 28.3 Å².